The predicted molar refractivity (Wildman–Crippen MR) is 52.0 cm³/mol. The van der Waals surface area contributed by atoms with E-state index in [9.17, 15) is 5.11 Å². The van der Waals surface area contributed by atoms with Crippen molar-refractivity contribution in [2.75, 3.05) is 0 Å². The third kappa shape index (κ3) is 2.05. The summed E-state index contributed by atoms with van der Waals surface area (Å²) >= 11 is 0. The van der Waals surface area contributed by atoms with Crippen LogP contribution in [0.25, 0.3) is 0 Å². The Morgan fingerprint density at radius 3 is 2.64 bits per heavy atom. The van der Waals surface area contributed by atoms with Crippen molar-refractivity contribution in [2.45, 2.75) is 31.8 Å². The van der Waals surface area contributed by atoms with Crippen molar-refractivity contribution in [3.05, 3.63) is 30.3 Å². The van der Waals surface area contributed by atoms with E-state index >= 15 is 0 Å². The molecule has 0 saturated carbocycles. The predicted octanol–water partition coefficient (Wildman–Crippen LogP) is 1.56. The average Bonchev–Trinajstić information content (AvgIpc) is 2.47. The molecular weight excluding hydrogens is 180 g/mol. The average molecular weight is 194 g/mol. The van der Waals surface area contributed by atoms with Gasteiger partial charge in [0.2, 0.25) is 0 Å². The van der Waals surface area contributed by atoms with Crippen LogP contribution in [0.1, 0.15) is 13.3 Å². The van der Waals surface area contributed by atoms with Gasteiger partial charge in [-0.15, -0.1) is 0 Å². The largest absolute Gasteiger partial charge is 0.485 e. The van der Waals surface area contributed by atoms with Crippen LogP contribution in [0.15, 0.2) is 30.3 Å². The number of para-hydroxylation sites is 1. The van der Waals surface area contributed by atoms with E-state index in [1.54, 1.807) is 0 Å². The summed E-state index contributed by atoms with van der Waals surface area (Å²) in [5, 5.41) is 9.47. The van der Waals surface area contributed by atoms with Crippen LogP contribution in [0.3, 0.4) is 0 Å². The highest BCUT2D eigenvalue weighted by atomic mass is 16.6. The van der Waals surface area contributed by atoms with Gasteiger partial charge in [0, 0.05) is 6.42 Å². The molecule has 1 N–H and O–H groups in total. The monoisotopic (exact) mass is 194 g/mol. The van der Waals surface area contributed by atoms with E-state index in [1.807, 2.05) is 37.3 Å². The molecule has 1 fully saturated rings. The summed E-state index contributed by atoms with van der Waals surface area (Å²) in [6, 6.07) is 9.48. The molecule has 76 valence electrons. The van der Waals surface area contributed by atoms with Crippen LogP contribution in [0.4, 0.5) is 0 Å². The van der Waals surface area contributed by atoms with Gasteiger partial charge >= 0.3 is 0 Å². The second-order valence-corrected chi connectivity index (χ2v) is 3.54. The van der Waals surface area contributed by atoms with Crippen LogP contribution in [0.2, 0.25) is 0 Å². The topological polar surface area (TPSA) is 38.7 Å². The molecule has 0 amide bonds. The number of aliphatic hydroxyl groups is 1. The number of rotatable bonds is 2. The third-order valence-electron chi connectivity index (χ3n) is 2.28. The Kier molecular flexibility index (Phi) is 2.70. The summed E-state index contributed by atoms with van der Waals surface area (Å²) in [4.78, 5) is 0. The molecule has 0 spiro atoms. The van der Waals surface area contributed by atoms with Crippen LogP contribution >= 0.6 is 0 Å². The molecule has 3 unspecified atom stereocenters. The van der Waals surface area contributed by atoms with Crippen molar-refractivity contribution < 1.29 is 14.6 Å². The van der Waals surface area contributed by atoms with E-state index in [0.717, 1.165) is 12.2 Å². The lowest BCUT2D eigenvalue weighted by molar-refractivity contribution is -0.118. The van der Waals surface area contributed by atoms with Gasteiger partial charge in [-0.3, -0.25) is 0 Å². The van der Waals surface area contributed by atoms with Crippen molar-refractivity contribution in [3.8, 4) is 5.75 Å². The first-order valence-electron chi connectivity index (χ1n) is 4.81. The molecule has 0 radical (unpaired) electrons. The van der Waals surface area contributed by atoms with Crippen molar-refractivity contribution in [3.63, 3.8) is 0 Å². The highest BCUT2D eigenvalue weighted by Crippen LogP contribution is 2.23. The van der Waals surface area contributed by atoms with Gasteiger partial charge in [0.1, 0.15) is 5.75 Å². The first kappa shape index (κ1) is 9.49. The normalized spacial score (nSPS) is 31.7. The van der Waals surface area contributed by atoms with E-state index in [4.69, 9.17) is 9.47 Å². The zero-order valence-corrected chi connectivity index (χ0v) is 8.09. The Hall–Kier alpha value is -1.06. The van der Waals surface area contributed by atoms with Crippen molar-refractivity contribution in [2.24, 2.45) is 0 Å². The molecule has 3 nitrogen and oxygen atoms in total. The van der Waals surface area contributed by atoms with Crippen molar-refractivity contribution >= 4 is 0 Å². The Morgan fingerprint density at radius 2 is 2.07 bits per heavy atom. The first-order chi connectivity index (χ1) is 6.75. The van der Waals surface area contributed by atoms with Crippen LogP contribution in [0.5, 0.6) is 5.75 Å². The van der Waals surface area contributed by atoms with Crippen molar-refractivity contribution in [1.29, 1.82) is 0 Å². The second-order valence-electron chi connectivity index (χ2n) is 3.54. The Bertz CT molecular complexity index is 286. The van der Waals surface area contributed by atoms with Gasteiger partial charge in [0.05, 0.1) is 6.10 Å². The molecular formula is C11H14O3. The molecule has 1 aromatic rings. The van der Waals surface area contributed by atoms with Crippen LogP contribution in [-0.2, 0) is 4.74 Å². The number of hydrogen-bond donors (Lipinski definition) is 1. The van der Waals surface area contributed by atoms with Gasteiger partial charge in [-0.2, -0.15) is 0 Å². The maximum Gasteiger partial charge on any atom is 0.192 e. The lowest BCUT2D eigenvalue weighted by Crippen LogP contribution is -2.26. The molecule has 0 bridgehead atoms. The zero-order chi connectivity index (χ0) is 9.97. The lowest BCUT2D eigenvalue weighted by atomic mass is 10.2. The molecule has 0 aromatic heterocycles. The fraction of sp³-hybridized carbons (Fsp3) is 0.455. The summed E-state index contributed by atoms with van der Waals surface area (Å²) in [5.74, 6) is 0.772. The Morgan fingerprint density at radius 1 is 1.36 bits per heavy atom. The van der Waals surface area contributed by atoms with Gasteiger partial charge in [-0.1, -0.05) is 18.2 Å². The molecule has 14 heavy (non-hydrogen) atoms. The minimum absolute atomic E-state index is 0.0683. The van der Waals surface area contributed by atoms with E-state index in [2.05, 4.69) is 0 Å². The Labute approximate surface area is 83.3 Å². The van der Waals surface area contributed by atoms with Crippen LogP contribution < -0.4 is 4.74 Å². The number of hydrogen-bond acceptors (Lipinski definition) is 3. The number of benzene rings is 1. The highest BCUT2D eigenvalue weighted by molar-refractivity contribution is 5.21. The quantitative estimate of drug-likeness (QED) is 0.776. The fourth-order valence-electron chi connectivity index (χ4n) is 1.60. The molecule has 1 aliphatic heterocycles. The Balaban J connectivity index is 1.98. The molecule has 0 aliphatic carbocycles. The standard InChI is InChI=1S/C11H14O3/c1-8-7-10(11(12)13-8)14-9-5-3-2-4-6-9/h2-6,8,10-12H,7H2,1H3. The molecule has 3 atom stereocenters. The van der Waals surface area contributed by atoms with Crippen molar-refractivity contribution in [1.82, 2.24) is 0 Å². The molecule has 1 aliphatic rings. The molecule has 1 saturated heterocycles. The fourth-order valence-corrected chi connectivity index (χ4v) is 1.60. The molecule has 2 rings (SSSR count). The summed E-state index contributed by atoms with van der Waals surface area (Å²) in [6.07, 6.45) is -0.243. The lowest BCUT2D eigenvalue weighted by Gasteiger charge is -2.15. The SMILES string of the molecule is CC1CC(Oc2ccccc2)C(O)O1. The zero-order valence-electron chi connectivity index (χ0n) is 8.09. The molecule has 1 heterocycles. The maximum atomic E-state index is 9.47. The minimum atomic E-state index is -0.801. The van der Waals surface area contributed by atoms with E-state index < -0.39 is 6.29 Å². The van der Waals surface area contributed by atoms with Crippen LogP contribution in [0, 0.1) is 0 Å². The third-order valence-corrected chi connectivity index (χ3v) is 2.28. The van der Waals surface area contributed by atoms with Gasteiger partial charge in [0.25, 0.3) is 0 Å². The summed E-state index contributed by atoms with van der Waals surface area (Å²) < 4.78 is 10.8. The summed E-state index contributed by atoms with van der Waals surface area (Å²) in [5.41, 5.74) is 0. The van der Waals surface area contributed by atoms with E-state index in [0.29, 0.717) is 0 Å². The molecule has 3 heteroatoms. The molecule has 1 aromatic carbocycles. The minimum Gasteiger partial charge on any atom is -0.485 e. The number of ether oxygens (including phenoxy) is 2. The van der Waals surface area contributed by atoms with Gasteiger partial charge in [-0.05, 0) is 19.1 Å². The summed E-state index contributed by atoms with van der Waals surface area (Å²) in [7, 11) is 0. The van der Waals surface area contributed by atoms with Crippen LogP contribution in [-0.4, -0.2) is 23.6 Å². The number of aliphatic hydroxyl groups excluding tert-OH is 1. The van der Waals surface area contributed by atoms with Gasteiger partial charge < -0.3 is 14.6 Å². The smallest absolute Gasteiger partial charge is 0.192 e. The van der Waals surface area contributed by atoms with Gasteiger partial charge in [-0.25, -0.2) is 0 Å². The van der Waals surface area contributed by atoms with Gasteiger partial charge in [0.15, 0.2) is 12.4 Å². The van der Waals surface area contributed by atoms with E-state index in [1.165, 1.54) is 0 Å². The van der Waals surface area contributed by atoms with E-state index in [-0.39, 0.29) is 12.2 Å². The maximum absolute atomic E-state index is 9.47. The highest BCUT2D eigenvalue weighted by Gasteiger charge is 2.32. The summed E-state index contributed by atoms with van der Waals surface area (Å²) in [6.45, 7) is 1.93. The second kappa shape index (κ2) is 3.98. The first-order valence-corrected chi connectivity index (χ1v) is 4.81.